The van der Waals surface area contributed by atoms with Crippen molar-refractivity contribution >= 4 is 23.6 Å². The normalized spacial score (nSPS) is 18.1. The molecule has 10 nitrogen and oxygen atoms in total. The van der Waals surface area contributed by atoms with Crippen LogP contribution in [0.25, 0.3) is 11.4 Å². The standard InChI is InChI=1S/C25H34N6O4/c1-5-26-23(32)27-17-8-6-16(7-9-17)21-28-19-15-31(24(33)34)14-18(25(2,3)4)20(19)22(29-21)30-10-12-35-13-11-30/h6-9,18H,5,10-15H2,1-4H3,(H,33,34)(H2,26,27,32). The van der Waals surface area contributed by atoms with Gasteiger partial charge in [-0.3, -0.25) is 0 Å². The Balaban J connectivity index is 1.78. The maximum absolute atomic E-state index is 12.0. The Labute approximate surface area is 205 Å². The summed E-state index contributed by atoms with van der Waals surface area (Å²) in [7, 11) is 0. The van der Waals surface area contributed by atoms with Crippen LogP contribution in [0, 0.1) is 5.41 Å². The van der Waals surface area contributed by atoms with Crippen LogP contribution in [0.4, 0.5) is 21.1 Å². The topological polar surface area (TPSA) is 120 Å². The van der Waals surface area contributed by atoms with E-state index in [0.717, 1.165) is 35.7 Å². The van der Waals surface area contributed by atoms with Gasteiger partial charge in [0.15, 0.2) is 5.82 Å². The molecule has 1 atom stereocenters. The number of rotatable bonds is 4. The summed E-state index contributed by atoms with van der Waals surface area (Å²) in [5.41, 5.74) is 3.06. The summed E-state index contributed by atoms with van der Waals surface area (Å²) in [6.45, 7) is 12.1. The summed E-state index contributed by atoms with van der Waals surface area (Å²) in [5, 5.41) is 15.3. The first-order valence-electron chi connectivity index (χ1n) is 12.0. The zero-order valence-corrected chi connectivity index (χ0v) is 20.8. The van der Waals surface area contributed by atoms with Crippen LogP contribution >= 0.6 is 0 Å². The lowest BCUT2D eigenvalue weighted by Gasteiger charge is -2.42. The summed E-state index contributed by atoms with van der Waals surface area (Å²) in [6, 6.07) is 7.09. The molecule has 0 saturated carbocycles. The zero-order chi connectivity index (χ0) is 25.2. The molecular weight excluding hydrogens is 448 g/mol. The minimum absolute atomic E-state index is 0.0436. The van der Waals surface area contributed by atoms with Gasteiger partial charge in [0.2, 0.25) is 0 Å². The van der Waals surface area contributed by atoms with Gasteiger partial charge >= 0.3 is 12.1 Å². The van der Waals surface area contributed by atoms with Gasteiger partial charge in [-0.05, 0) is 36.6 Å². The van der Waals surface area contributed by atoms with E-state index < -0.39 is 6.09 Å². The molecule has 1 aromatic heterocycles. The fourth-order valence-electron chi connectivity index (χ4n) is 4.57. The molecule has 35 heavy (non-hydrogen) atoms. The van der Waals surface area contributed by atoms with Crippen LogP contribution in [-0.4, -0.2) is 71.5 Å². The van der Waals surface area contributed by atoms with Gasteiger partial charge in [0.05, 0.1) is 25.5 Å². The summed E-state index contributed by atoms with van der Waals surface area (Å²) >= 11 is 0. The van der Waals surface area contributed by atoms with Crippen molar-refractivity contribution in [1.29, 1.82) is 0 Å². The Morgan fingerprint density at radius 3 is 2.43 bits per heavy atom. The Kier molecular flexibility index (Phi) is 7.11. The molecule has 188 valence electrons. The smallest absolute Gasteiger partial charge is 0.407 e. The number of carbonyl (C=O) groups is 2. The van der Waals surface area contributed by atoms with E-state index in [9.17, 15) is 14.7 Å². The lowest BCUT2D eigenvalue weighted by molar-refractivity contribution is 0.117. The van der Waals surface area contributed by atoms with Crippen molar-refractivity contribution < 1.29 is 19.4 Å². The number of benzene rings is 1. The van der Waals surface area contributed by atoms with E-state index in [2.05, 4.69) is 36.3 Å². The third kappa shape index (κ3) is 5.48. The average molecular weight is 483 g/mol. The molecular formula is C25H34N6O4. The number of anilines is 2. The maximum Gasteiger partial charge on any atom is 0.407 e. The van der Waals surface area contributed by atoms with E-state index in [-0.39, 0.29) is 23.9 Å². The molecule has 0 radical (unpaired) electrons. The number of amides is 3. The number of nitrogens with one attached hydrogen (secondary N) is 2. The number of nitrogens with zero attached hydrogens (tertiary/aromatic N) is 4. The Morgan fingerprint density at radius 1 is 1.14 bits per heavy atom. The van der Waals surface area contributed by atoms with Gasteiger partial charge < -0.3 is 30.3 Å². The molecule has 0 aliphatic carbocycles. The molecule has 10 heteroatoms. The largest absolute Gasteiger partial charge is 0.465 e. The quantitative estimate of drug-likeness (QED) is 0.607. The van der Waals surface area contributed by atoms with Crippen molar-refractivity contribution in [1.82, 2.24) is 20.2 Å². The number of fused-ring (bicyclic) bond motifs is 1. The summed E-state index contributed by atoms with van der Waals surface area (Å²) < 4.78 is 5.57. The second-order valence-electron chi connectivity index (χ2n) is 9.97. The average Bonchev–Trinajstić information content (AvgIpc) is 2.83. The van der Waals surface area contributed by atoms with Crippen molar-refractivity contribution in [2.45, 2.75) is 40.2 Å². The molecule has 1 unspecified atom stereocenters. The predicted molar refractivity (Wildman–Crippen MR) is 134 cm³/mol. The first-order valence-corrected chi connectivity index (χ1v) is 12.0. The first-order chi connectivity index (χ1) is 16.7. The van der Waals surface area contributed by atoms with Crippen molar-refractivity contribution in [2.24, 2.45) is 5.41 Å². The molecule has 2 aliphatic heterocycles. The van der Waals surface area contributed by atoms with Crippen LogP contribution in [0.1, 0.15) is 44.9 Å². The summed E-state index contributed by atoms with van der Waals surface area (Å²) in [6.07, 6.45) is -0.946. The SMILES string of the molecule is CCNC(=O)Nc1ccc(-c2nc3c(c(N4CCOCC4)n2)C(C(C)(C)C)CN(C(=O)O)C3)cc1. The van der Waals surface area contributed by atoms with E-state index >= 15 is 0 Å². The van der Waals surface area contributed by atoms with Gasteiger partial charge in [0, 0.05) is 48.9 Å². The molecule has 0 spiro atoms. The summed E-state index contributed by atoms with van der Waals surface area (Å²) in [5.74, 6) is 1.36. The van der Waals surface area contributed by atoms with Crippen molar-refractivity contribution in [3.05, 3.63) is 35.5 Å². The highest BCUT2D eigenvalue weighted by molar-refractivity contribution is 5.89. The number of morpholine rings is 1. The van der Waals surface area contributed by atoms with E-state index in [0.29, 0.717) is 37.8 Å². The van der Waals surface area contributed by atoms with Gasteiger partial charge in [-0.15, -0.1) is 0 Å². The van der Waals surface area contributed by atoms with Crippen LogP contribution in [0.5, 0.6) is 0 Å². The highest BCUT2D eigenvalue weighted by Gasteiger charge is 2.40. The van der Waals surface area contributed by atoms with Gasteiger partial charge in [0.1, 0.15) is 5.82 Å². The Bertz CT molecular complexity index is 1080. The molecule has 3 amide bonds. The molecule has 0 bridgehead atoms. The van der Waals surface area contributed by atoms with Crippen LogP contribution in [0.2, 0.25) is 0 Å². The van der Waals surface area contributed by atoms with Gasteiger partial charge in [0.25, 0.3) is 0 Å². The van der Waals surface area contributed by atoms with Crippen molar-refractivity contribution in [2.75, 3.05) is 49.6 Å². The monoisotopic (exact) mass is 482 g/mol. The van der Waals surface area contributed by atoms with Crippen LogP contribution in [0.3, 0.4) is 0 Å². The van der Waals surface area contributed by atoms with Gasteiger partial charge in [-0.1, -0.05) is 20.8 Å². The van der Waals surface area contributed by atoms with Crippen LogP contribution < -0.4 is 15.5 Å². The third-order valence-corrected chi connectivity index (χ3v) is 6.46. The third-order valence-electron chi connectivity index (χ3n) is 6.46. The van der Waals surface area contributed by atoms with E-state index in [1.165, 1.54) is 4.90 Å². The number of hydrogen-bond donors (Lipinski definition) is 3. The fraction of sp³-hybridized carbons (Fsp3) is 0.520. The van der Waals surface area contributed by atoms with E-state index in [4.69, 9.17) is 14.7 Å². The van der Waals surface area contributed by atoms with E-state index in [1.807, 2.05) is 31.2 Å². The molecule has 2 aromatic rings. The molecule has 3 N–H and O–H groups in total. The van der Waals surface area contributed by atoms with Crippen molar-refractivity contribution in [3.63, 3.8) is 0 Å². The van der Waals surface area contributed by atoms with Crippen molar-refractivity contribution in [3.8, 4) is 11.4 Å². The molecule has 1 saturated heterocycles. The fourth-order valence-corrected chi connectivity index (χ4v) is 4.57. The number of aromatic nitrogens is 2. The molecule has 1 aromatic carbocycles. The second-order valence-corrected chi connectivity index (χ2v) is 9.97. The van der Waals surface area contributed by atoms with Crippen LogP contribution in [0.15, 0.2) is 24.3 Å². The lowest BCUT2D eigenvalue weighted by Crippen LogP contribution is -2.44. The van der Waals surface area contributed by atoms with E-state index in [1.54, 1.807) is 0 Å². The Hall–Kier alpha value is -3.40. The minimum atomic E-state index is -0.946. The molecule has 4 rings (SSSR count). The molecule has 3 heterocycles. The molecule has 2 aliphatic rings. The number of carbonyl (C=O) groups excluding carboxylic acids is 1. The number of ether oxygens (including phenoxy) is 1. The van der Waals surface area contributed by atoms with Crippen LogP contribution in [-0.2, 0) is 11.3 Å². The maximum atomic E-state index is 12.0. The first kappa shape index (κ1) is 24.7. The number of urea groups is 1. The zero-order valence-electron chi connectivity index (χ0n) is 20.8. The lowest BCUT2D eigenvalue weighted by atomic mass is 9.74. The number of hydrogen-bond acceptors (Lipinski definition) is 6. The predicted octanol–water partition coefficient (Wildman–Crippen LogP) is 3.74. The van der Waals surface area contributed by atoms with Gasteiger partial charge in [-0.25, -0.2) is 19.6 Å². The van der Waals surface area contributed by atoms with Gasteiger partial charge in [-0.2, -0.15) is 0 Å². The highest BCUT2D eigenvalue weighted by atomic mass is 16.5. The highest BCUT2D eigenvalue weighted by Crippen LogP contribution is 2.44. The second kappa shape index (κ2) is 10.1. The minimum Gasteiger partial charge on any atom is -0.465 e. The number of carboxylic acid groups (broad SMARTS) is 1. The Morgan fingerprint density at radius 2 is 1.83 bits per heavy atom. The summed E-state index contributed by atoms with van der Waals surface area (Å²) in [4.78, 5) is 37.4. The molecule has 1 fully saturated rings.